The van der Waals surface area contributed by atoms with Crippen molar-refractivity contribution >= 4 is 11.5 Å². The van der Waals surface area contributed by atoms with Gasteiger partial charge in [0.25, 0.3) is 0 Å². The number of rotatable bonds is 7. The summed E-state index contributed by atoms with van der Waals surface area (Å²) < 4.78 is 0. The van der Waals surface area contributed by atoms with Crippen LogP contribution < -0.4 is 4.90 Å². The van der Waals surface area contributed by atoms with E-state index >= 15 is 0 Å². The molecule has 0 aliphatic heterocycles. The number of benzene rings is 1. The van der Waals surface area contributed by atoms with E-state index in [0.29, 0.717) is 12.3 Å². The Hall–Kier alpha value is -1.31. The fraction of sp³-hybridized carbons (Fsp3) is 0.562. The second-order valence-electron chi connectivity index (χ2n) is 5.06. The van der Waals surface area contributed by atoms with Crippen molar-refractivity contribution in [2.24, 2.45) is 5.92 Å². The van der Waals surface area contributed by atoms with E-state index in [1.54, 1.807) is 0 Å². The molecule has 100 valence electrons. The minimum Gasteiger partial charge on any atom is -0.377 e. The van der Waals surface area contributed by atoms with Crippen molar-refractivity contribution in [3.8, 4) is 0 Å². The van der Waals surface area contributed by atoms with Gasteiger partial charge in [-0.3, -0.25) is 4.79 Å². The van der Waals surface area contributed by atoms with E-state index in [1.165, 1.54) is 12.8 Å². The summed E-state index contributed by atoms with van der Waals surface area (Å²) in [6, 6.07) is 7.86. The van der Waals surface area contributed by atoms with Crippen LogP contribution in [0.15, 0.2) is 24.3 Å². The average molecular weight is 247 g/mol. The number of nitrogens with zero attached hydrogens (tertiary/aromatic N) is 1. The molecule has 0 aliphatic rings. The highest BCUT2D eigenvalue weighted by Crippen LogP contribution is 2.22. The maximum atomic E-state index is 12.3. The molecule has 2 heteroatoms. The number of para-hydroxylation sites is 1. The van der Waals surface area contributed by atoms with Gasteiger partial charge in [-0.05, 0) is 24.5 Å². The summed E-state index contributed by atoms with van der Waals surface area (Å²) in [7, 11) is 3.96. The molecule has 0 spiro atoms. The molecule has 0 atom stereocenters. The monoisotopic (exact) mass is 247 g/mol. The first kappa shape index (κ1) is 14.7. The molecule has 0 aromatic heterocycles. The largest absolute Gasteiger partial charge is 0.377 e. The van der Waals surface area contributed by atoms with Crippen LogP contribution in [0.1, 0.15) is 49.9 Å². The zero-order chi connectivity index (χ0) is 13.5. The number of ketones is 1. The lowest BCUT2D eigenvalue weighted by atomic mass is 9.94. The number of hydrogen-bond donors (Lipinski definition) is 0. The van der Waals surface area contributed by atoms with Crippen LogP contribution in [0.2, 0.25) is 0 Å². The molecule has 18 heavy (non-hydrogen) atoms. The van der Waals surface area contributed by atoms with Gasteiger partial charge < -0.3 is 4.90 Å². The van der Waals surface area contributed by atoms with Crippen LogP contribution >= 0.6 is 0 Å². The quantitative estimate of drug-likeness (QED) is 0.675. The van der Waals surface area contributed by atoms with Gasteiger partial charge in [-0.15, -0.1) is 0 Å². The minimum atomic E-state index is 0.270. The first-order chi connectivity index (χ1) is 8.60. The number of carbonyl (C=O) groups excluding carboxylic acids is 1. The van der Waals surface area contributed by atoms with Gasteiger partial charge >= 0.3 is 0 Å². The Labute approximate surface area is 111 Å². The standard InChI is InChI=1S/C16H25NO/c1-5-13(6-2)11-12-16(18)14-9-7-8-10-15(14)17(3)4/h7-10,13H,5-6,11-12H2,1-4H3. The molecule has 0 aliphatic carbocycles. The number of hydrogen-bond acceptors (Lipinski definition) is 2. The number of Topliss-reactive ketones (excluding diaryl/α,β-unsaturated/α-hetero) is 1. The van der Waals surface area contributed by atoms with Gasteiger partial charge in [-0.25, -0.2) is 0 Å². The molecule has 0 fully saturated rings. The lowest BCUT2D eigenvalue weighted by molar-refractivity contribution is 0.0973. The van der Waals surface area contributed by atoms with E-state index in [9.17, 15) is 4.79 Å². The second kappa shape index (κ2) is 7.20. The third-order valence-electron chi connectivity index (χ3n) is 3.62. The van der Waals surface area contributed by atoms with E-state index < -0.39 is 0 Å². The van der Waals surface area contributed by atoms with Gasteiger partial charge in [-0.1, -0.05) is 38.8 Å². The van der Waals surface area contributed by atoms with Crippen molar-refractivity contribution in [3.63, 3.8) is 0 Å². The van der Waals surface area contributed by atoms with Crippen LogP contribution in [0.4, 0.5) is 5.69 Å². The molecular weight excluding hydrogens is 222 g/mol. The normalized spacial score (nSPS) is 10.7. The molecule has 0 bridgehead atoms. The zero-order valence-corrected chi connectivity index (χ0v) is 12.1. The summed E-state index contributed by atoms with van der Waals surface area (Å²) in [5.41, 5.74) is 1.88. The Kier molecular flexibility index (Phi) is 5.90. The molecule has 0 saturated carbocycles. The fourth-order valence-corrected chi connectivity index (χ4v) is 2.27. The first-order valence-electron chi connectivity index (χ1n) is 6.89. The Morgan fingerprint density at radius 3 is 2.33 bits per heavy atom. The molecule has 0 amide bonds. The van der Waals surface area contributed by atoms with Gasteiger partial charge in [0.1, 0.15) is 0 Å². The van der Waals surface area contributed by atoms with Crippen molar-refractivity contribution in [1.29, 1.82) is 0 Å². The van der Waals surface area contributed by atoms with Crippen LogP contribution in [-0.4, -0.2) is 19.9 Å². The lowest BCUT2D eigenvalue weighted by Crippen LogP contribution is -2.14. The molecule has 1 rings (SSSR count). The molecular formula is C16H25NO. The van der Waals surface area contributed by atoms with Crippen LogP contribution in [0.3, 0.4) is 0 Å². The predicted molar refractivity (Wildman–Crippen MR) is 78.4 cm³/mol. The summed E-state index contributed by atoms with van der Waals surface area (Å²) >= 11 is 0. The van der Waals surface area contributed by atoms with E-state index in [-0.39, 0.29) is 5.78 Å². The molecule has 2 nitrogen and oxygen atoms in total. The molecule has 0 saturated heterocycles. The third kappa shape index (κ3) is 3.86. The van der Waals surface area contributed by atoms with Crippen LogP contribution in [0, 0.1) is 5.92 Å². The van der Waals surface area contributed by atoms with Crippen LogP contribution in [0.5, 0.6) is 0 Å². The van der Waals surface area contributed by atoms with Gasteiger partial charge in [0.05, 0.1) is 0 Å². The summed E-state index contributed by atoms with van der Waals surface area (Å²) in [5, 5.41) is 0. The van der Waals surface area contributed by atoms with Gasteiger partial charge in [0.2, 0.25) is 0 Å². The lowest BCUT2D eigenvalue weighted by Gasteiger charge is -2.17. The van der Waals surface area contributed by atoms with Crippen LogP contribution in [-0.2, 0) is 0 Å². The summed E-state index contributed by atoms with van der Waals surface area (Å²) in [5.74, 6) is 0.951. The van der Waals surface area contributed by atoms with E-state index in [0.717, 1.165) is 17.7 Å². The fourth-order valence-electron chi connectivity index (χ4n) is 2.27. The topological polar surface area (TPSA) is 20.3 Å². The molecule has 1 aromatic carbocycles. The highest BCUT2D eigenvalue weighted by atomic mass is 16.1. The second-order valence-corrected chi connectivity index (χ2v) is 5.06. The van der Waals surface area contributed by atoms with E-state index in [4.69, 9.17) is 0 Å². The Bertz CT molecular complexity index is 380. The van der Waals surface area contributed by atoms with Crippen molar-refractivity contribution < 1.29 is 4.79 Å². The van der Waals surface area contributed by atoms with E-state index in [2.05, 4.69) is 13.8 Å². The molecule has 1 aromatic rings. The highest BCUT2D eigenvalue weighted by molar-refractivity contribution is 6.01. The average Bonchev–Trinajstić information content (AvgIpc) is 2.39. The number of anilines is 1. The van der Waals surface area contributed by atoms with Gasteiger partial charge in [-0.2, -0.15) is 0 Å². The predicted octanol–water partition coefficient (Wildman–Crippen LogP) is 4.15. The maximum absolute atomic E-state index is 12.3. The summed E-state index contributed by atoms with van der Waals surface area (Å²) in [6.45, 7) is 4.40. The minimum absolute atomic E-state index is 0.270. The smallest absolute Gasteiger partial charge is 0.164 e. The summed E-state index contributed by atoms with van der Waals surface area (Å²) in [4.78, 5) is 14.3. The summed E-state index contributed by atoms with van der Waals surface area (Å²) in [6.07, 6.45) is 4.00. The molecule has 0 unspecified atom stereocenters. The van der Waals surface area contributed by atoms with Crippen molar-refractivity contribution in [3.05, 3.63) is 29.8 Å². The van der Waals surface area contributed by atoms with Crippen molar-refractivity contribution in [2.45, 2.75) is 39.5 Å². The Morgan fingerprint density at radius 1 is 1.17 bits per heavy atom. The van der Waals surface area contributed by atoms with Gasteiger partial charge in [0, 0.05) is 31.8 Å². The molecule has 0 N–H and O–H groups in total. The van der Waals surface area contributed by atoms with Crippen molar-refractivity contribution in [1.82, 2.24) is 0 Å². The molecule has 0 radical (unpaired) electrons. The van der Waals surface area contributed by atoms with Gasteiger partial charge in [0.15, 0.2) is 5.78 Å². The number of carbonyl (C=O) groups is 1. The Morgan fingerprint density at radius 2 is 1.78 bits per heavy atom. The zero-order valence-electron chi connectivity index (χ0n) is 12.1. The van der Waals surface area contributed by atoms with Crippen LogP contribution in [0.25, 0.3) is 0 Å². The maximum Gasteiger partial charge on any atom is 0.164 e. The Balaban J connectivity index is 2.72. The molecule has 0 heterocycles. The SMILES string of the molecule is CCC(CC)CCC(=O)c1ccccc1N(C)C. The van der Waals surface area contributed by atoms with Crippen molar-refractivity contribution in [2.75, 3.05) is 19.0 Å². The third-order valence-corrected chi connectivity index (χ3v) is 3.62. The first-order valence-corrected chi connectivity index (χ1v) is 6.89. The van der Waals surface area contributed by atoms with E-state index in [1.807, 2.05) is 43.3 Å². The highest BCUT2D eigenvalue weighted by Gasteiger charge is 2.13.